The maximum absolute atomic E-state index is 6.14. The van der Waals surface area contributed by atoms with Gasteiger partial charge in [0, 0.05) is 31.3 Å². The first kappa shape index (κ1) is 23.6. The van der Waals surface area contributed by atoms with Crippen molar-refractivity contribution in [2.75, 3.05) is 26.3 Å². The first-order valence-electron chi connectivity index (χ1n) is 10.1. The Morgan fingerprint density at radius 3 is 2.34 bits per heavy atom. The summed E-state index contributed by atoms with van der Waals surface area (Å²) >= 11 is 0. The SMILES string of the molecule is CC(NC1(CN=C(N)NCCc2ccccc2)CCOCC1)c1ccccc1.I. The van der Waals surface area contributed by atoms with Gasteiger partial charge in [-0.25, -0.2) is 0 Å². The number of nitrogens with two attached hydrogens (primary N) is 1. The van der Waals surface area contributed by atoms with Crippen LogP contribution in [0.4, 0.5) is 0 Å². The minimum atomic E-state index is -0.0841. The number of benzene rings is 2. The average Bonchev–Trinajstić information content (AvgIpc) is 2.74. The Morgan fingerprint density at radius 2 is 1.69 bits per heavy atom. The molecule has 2 aromatic carbocycles. The molecule has 1 fully saturated rings. The molecular weight excluding hydrogens is 475 g/mol. The number of ether oxygens (including phenoxy) is 1. The topological polar surface area (TPSA) is 71.7 Å². The Morgan fingerprint density at radius 1 is 1.07 bits per heavy atom. The summed E-state index contributed by atoms with van der Waals surface area (Å²) in [5, 5.41) is 7.06. The fraction of sp³-hybridized carbons (Fsp3) is 0.435. The second-order valence-electron chi connectivity index (χ2n) is 7.53. The molecule has 1 heterocycles. The number of aliphatic imine (C=N–C) groups is 1. The molecule has 0 spiro atoms. The lowest BCUT2D eigenvalue weighted by Crippen LogP contribution is -2.53. The zero-order valence-corrected chi connectivity index (χ0v) is 19.5. The summed E-state index contributed by atoms with van der Waals surface area (Å²) in [5.74, 6) is 0.510. The Bertz CT molecular complexity index is 733. The van der Waals surface area contributed by atoms with Crippen molar-refractivity contribution in [1.29, 1.82) is 0 Å². The zero-order valence-electron chi connectivity index (χ0n) is 17.1. The molecule has 3 rings (SSSR count). The second kappa shape index (κ2) is 12.1. The van der Waals surface area contributed by atoms with Crippen LogP contribution in [0.5, 0.6) is 0 Å². The normalized spacial score (nSPS) is 17.2. The van der Waals surface area contributed by atoms with Crippen LogP contribution in [-0.4, -0.2) is 37.8 Å². The summed E-state index contributed by atoms with van der Waals surface area (Å²) in [6, 6.07) is 21.2. The van der Waals surface area contributed by atoms with E-state index in [1.807, 2.05) is 12.1 Å². The molecule has 0 aromatic heterocycles. The number of nitrogens with one attached hydrogen (secondary N) is 2. The number of hydrogen-bond donors (Lipinski definition) is 3. The van der Waals surface area contributed by atoms with Crippen molar-refractivity contribution in [3.8, 4) is 0 Å². The van der Waals surface area contributed by atoms with Gasteiger partial charge >= 0.3 is 0 Å². The average molecular weight is 508 g/mol. The number of halogens is 1. The fourth-order valence-electron chi connectivity index (χ4n) is 3.67. The van der Waals surface area contributed by atoms with E-state index in [-0.39, 0.29) is 35.6 Å². The van der Waals surface area contributed by atoms with Crippen molar-refractivity contribution in [2.24, 2.45) is 10.7 Å². The van der Waals surface area contributed by atoms with E-state index in [0.29, 0.717) is 12.5 Å². The van der Waals surface area contributed by atoms with Gasteiger partial charge in [-0.1, -0.05) is 60.7 Å². The summed E-state index contributed by atoms with van der Waals surface area (Å²) in [4.78, 5) is 4.66. The van der Waals surface area contributed by atoms with Crippen LogP contribution in [0.2, 0.25) is 0 Å². The van der Waals surface area contributed by atoms with Gasteiger partial charge in [0.05, 0.1) is 6.54 Å². The first-order chi connectivity index (χ1) is 13.7. The van der Waals surface area contributed by atoms with Gasteiger partial charge in [-0.2, -0.15) is 0 Å². The highest BCUT2D eigenvalue weighted by Gasteiger charge is 2.33. The van der Waals surface area contributed by atoms with Crippen molar-refractivity contribution in [3.05, 3.63) is 71.8 Å². The molecule has 4 N–H and O–H groups in total. The molecule has 1 saturated heterocycles. The van der Waals surface area contributed by atoms with Crippen molar-refractivity contribution in [3.63, 3.8) is 0 Å². The van der Waals surface area contributed by atoms with Crippen molar-refractivity contribution >= 4 is 29.9 Å². The van der Waals surface area contributed by atoms with Crippen LogP contribution in [0.25, 0.3) is 0 Å². The van der Waals surface area contributed by atoms with E-state index in [9.17, 15) is 0 Å². The van der Waals surface area contributed by atoms with Gasteiger partial charge in [0.25, 0.3) is 0 Å². The van der Waals surface area contributed by atoms with Gasteiger partial charge < -0.3 is 21.1 Å². The van der Waals surface area contributed by atoms with Crippen LogP contribution in [0.1, 0.15) is 36.9 Å². The summed E-state index contributed by atoms with van der Waals surface area (Å²) in [6.07, 6.45) is 2.80. The van der Waals surface area contributed by atoms with E-state index in [4.69, 9.17) is 10.5 Å². The Kier molecular flexibility index (Phi) is 9.90. The zero-order chi connectivity index (χ0) is 19.7. The molecule has 158 valence electrons. The fourth-order valence-corrected chi connectivity index (χ4v) is 3.67. The van der Waals surface area contributed by atoms with E-state index in [0.717, 1.165) is 39.0 Å². The third-order valence-electron chi connectivity index (χ3n) is 5.39. The van der Waals surface area contributed by atoms with Crippen LogP contribution < -0.4 is 16.4 Å². The molecule has 0 bridgehead atoms. The maximum atomic E-state index is 6.14. The molecule has 1 unspecified atom stereocenters. The van der Waals surface area contributed by atoms with Crippen molar-refractivity contribution in [1.82, 2.24) is 10.6 Å². The predicted molar refractivity (Wildman–Crippen MR) is 131 cm³/mol. The Balaban J connectivity index is 0.00000300. The lowest BCUT2D eigenvalue weighted by molar-refractivity contribution is 0.0374. The predicted octanol–water partition coefficient (Wildman–Crippen LogP) is 3.65. The van der Waals surface area contributed by atoms with Gasteiger partial charge in [0.2, 0.25) is 0 Å². The molecule has 1 aliphatic heterocycles. The molecule has 1 atom stereocenters. The van der Waals surface area contributed by atoms with Gasteiger partial charge in [0.15, 0.2) is 5.96 Å². The molecule has 6 heteroatoms. The highest BCUT2D eigenvalue weighted by molar-refractivity contribution is 14.0. The van der Waals surface area contributed by atoms with E-state index >= 15 is 0 Å². The minimum absolute atomic E-state index is 0. The number of nitrogens with zero attached hydrogens (tertiary/aromatic N) is 1. The lowest BCUT2D eigenvalue weighted by atomic mass is 9.88. The Labute approximate surface area is 191 Å². The monoisotopic (exact) mass is 508 g/mol. The molecule has 0 saturated carbocycles. The van der Waals surface area contributed by atoms with Crippen molar-refractivity contribution < 1.29 is 4.74 Å². The maximum Gasteiger partial charge on any atom is 0.188 e. The van der Waals surface area contributed by atoms with E-state index < -0.39 is 0 Å². The third-order valence-corrected chi connectivity index (χ3v) is 5.39. The molecule has 1 aliphatic rings. The molecule has 29 heavy (non-hydrogen) atoms. The Hall–Kier alpha value is -1.64. The van der Waals surface area contributed by atoms with E-state index in [1.54, 1.807) is 0 Å². The van der Waals surface area contributed by atoms with Crippen LogP contribution >= 0.6 is 24.0 Å². The van der Waals surface area contributed by atoms with Gasteiger partial charge in [-0.05, 0) is 37.3 Å². The summed E-state index contributed by atoms with van der Waals surface area (Å²) < 4.78 is 5.60. The van der Waals surface area contributed by atoms with Crippen LogP contribution in [0, 0.1) is 0 Å². The second-order valence-corrected chi connectivity index (χ2v) is 7.53. The lowest BCUT2D eigenvalue weighted by Gasteiger charge is -2.39. The quantitative estimate of drug-likeness (QED) is 0.289. The highest BCUT2D eigenvalue weighted by Crippen LogP contribution is 2.25. The van der Waals surface area contributed by atoms with Crippen LogP contribution in [-0.2, 0) is 11.2 Å². The van der Waals surface area contributed by atoms with Gasteiger partial charge in [-0.3, -0.25) is 4.99 Å². The minimum Gasteiger partial charge on any atom is -0.381 e. The number of rotatable bonds is 8. The largest absolute Gasteiger partial charge is 0.381 e. The smallest absolute Gasteiger partial charge is 0.188 e. The van der Waals surface area contributed by atoms with Crippen LogP contribution in [0.3, 0.4) is 0 Å². The van der Waals surface area contributed by atoms with Crippen LogP contribution in [0.15, 0.2) is 65.7 Å². The molecule has 2 aromatic rings. The van der Waals surface area contributed by atoms with Gasteiger partial charge in [-0.15, -0.1) is 24.0 Å². The molecule has 5 nitrogen and oxygen atoms in total. The van der Waals surface area contributed by atoms with Gasteiger partial charge in [0.1, 0.15) is 0 Å². The molecule has 0 amide bonds. The molecule has 0 aliphatic carbocycles. The summed E-state index contributed by atoms with van der Waals surface area (Å²) in [6.45, 7) is 5.15. The highest BCUT2D eigenvalue weighted by atomic mass is 127. The number of hydrogen-bond acceptors (Lipinski definition) is 3. The van der Waals surface area contributed by atoms with Crippen molar-refractivity contribution in [2.45, 2.75) is 37.8 Å². The van der Waals surface area contributed by atoms with E-state index in [1.165, 1.54) is 11.1 Å². The standard InChI is InChI=1S/C23H32N4O.HI/c1-19(21-10-6-3-7-11-21)27-23(13-16-28-17-14-23)18-26-22(24)25-15-12-20-8-4-2-5-9-20;/h2-11,19,27H,12-18H2,1H3,(H3,24,25,26);1H. The molecule has 0 radical (unpaired) electrons. The molecular formula is C23H33IN4O. The first-order valence-corrected chi connectivity index (χ1v) is 10.1. The third kappa shape index (κ3) is 7.60. The summed E-state index contributed by atoms with van der Waals surface area (Å²) in [5.41, 5.74) is 8.63. The summed E-state index contributed by atoms with van der Waals surface area (Å²) in [7, 11) is 0. The van der Waals surface area contributed by atoms with E-state index in [2.05, 4.69) is 71.1 Å². The number of guanidine groups is 1.